The molecular weight excluding hydrogens is 196 g/mol. The van der Waals surface area contributed by atoms with E-state index in [4.69, 9.17) is 11.6 Å². The molecule has 0 saturated carbocycles. The standard InChI is InChI=1S/C12H17ClO/c1-3-12(2,14)8-7-10-5-4-6-11(13)9-10/h4-6,9,14H,3,7-8H2,1-2H3. The summed E-state index contributed by atoms with van der Waals surface area (Å²) in [6.45, 7) is 3.87. The summed E-state index contributed by atoms with van der Waals surface area (Å²) in [5, 5.41) is 10.6. The summed E-state index contributed by atoms with van der Waals surface area (Å²) in [5.74, 6) is 0. The van der Waals surface area contributed by atoms with Crippen molar-refractivity contribution in [3.8, 4) is 0 Å². The van der Waals surface area contributed by atoms with E-state index in [9.17, 15) is 5.11 Å². The minimum atomic E-state index is -0.553. The van der Waals surface area contributed by atoms with Gasteiger partial charge in [0.2, 0.25) is 0 Å². The van der Waals surface area contributed by atoms with Gasteiger partial charge in [-0.05, 0) is 43.9 Å². The normalized spacial score (nSPS) is 15.1. The summed E-state index contributed by atoms with van der Waals surface area (Å²) >= 11 is 5.87. The predicted molar refractivity (Wildman–Crippen MR) is 60.7 cm³/mol. The van der Waals surface area contributed by atoms with E-state index < -0.39 is 5.60 Å². The molecule has 0 aliphatic rings. The fraction of sp³-hybridized carbons (Fsp3) is 0.500. The second-order valence-electron chi connectivity index (χ2n) is 3.98. The summed E-state index contributed by atoms with van der Waals surface area (Å²) in [6.07, 6.45) is 2.44. The van der Waals surface area contributed by atoms with E-state index in [-0.39, 0.29) is 0 Å². The third-order valence-electron chi connectivity index (χ3n) is 2.60. The molecule has 1 atom stereocenters. The first-order chi connectivity index (χ1) is 6.53. The number of hydrogen-bond donors (Lipinski definition) is 1. The van der Waals surface area contributed by atoms with Crippen LogP contribution in [0.1, 0.15) is 32.3 Å². The lowest BCUT2D eigenvalue weighted by molar-refractivity contribution is 0.0473. The molecule has 1 unspecified atom stereocenters. The number of benzene rings is 1. The van der Waals surface area contributed by atoms with E-state index in [1.807, 2.05) is 38.1 Å². The summed E-state index contributed by atoms with van der Waals surface area (Å²) in [5.41, 5.74) is 0.633. The number of aliphatic hydroxyl groups is 1. The molecule has 1 rings (SSSR count). The highest BCUT2D eigenvalue weighted by Gasteiger charge is 2.16. The average Bonchev–Trinajstić information content (AvgIpc) is 2.15. The Morgan fingerprint density at radius 3 is 2.71 bits per heavy atom. The van der Waals surface area contributed by atoms with E-state index in [1.165, 1.54) is 5.56 Å². The third kappa shape index (κ3) is 3.69. The zero-order valence-electron chi connectivity index (χ0n) is 8.76. The highest BCUT2D eigenvalue weighted by molar-refractivity contribution is 6.30. The molecule has 0 heterocycles. The molecule has 1 nitrogen and oxygen atoms in total. The minimum absolute atomic E-state index is 0.553. The van der Waals surface area contributed by atoms with Gasteiger partial charge >= 0.3 is 0 Å². The molecule has 0 bridgehead atoms. The van der Waals surface area contributed by atoms with Gasteiger partial charge in [0, 0.05) is 5.02 Å². The lowest BCUT2D eigenvalue weighted by Crippen LogP contribution is -2.23. The van der Waals surface area contributed by atoms with Crippen molar-refractivity contribution >= 4 is 11.6 Å². The van der Waals surface area contributed by atoms with Crippen LogP contribution in [-0.2, 0) is 6.42 Å². The van der Waals surface area contributed by atoms with Gasteiger partial charge in [0.05, 0.1) is 5.60 Å². The number of aryl methyl sites for hydroxylation is 1. The molecule has 0 saturated heterocycles. The van der Waals surface area contributed by atoms with Crippen molar-refractivity contribution in [2.24, 2.45) is 0 Å². The van der Waals surface area contributed by atoms with Crippen LogP contribution in [0.3, 0.4) is 0 Å². The van der Waals surface area contributed by atoms with Crippen molar-refractivity contribution < 1.29 is 5.11 Å². The zero-order valence-corrected chi connectivity index (χ0v) is 9.51. The van der Waals surface area contributed by atoms with Crippen molar-refractivity contribution in [3.63, 3.8) is 0 Å². The maximum Gasteiger partial charge on any atom is 0.0620 e. The second kappa shape index (κ2) is 4.81. The topological polar surface area (TPSA) is 20.2 Å². The van der Waals surface area contributed by atoms with E-state index in [0.29, 0.717) is 0 Å². The molecule has 0 amide bonds. The first-order valence-corrected chi connectivity index (χ1v) is 5.38. The van der Waals surface area contributed by atoms with Gasteiger partial charge in [-0.25, -0.2) is 0 Å². The van der Waals surface area contributed by atoms with Crippen LogP contribution in [-0.4, -0.2) is 10.7 Å². The number of halogens is 1. The van der Waals surface area contributed by atoms with Crippen molar-refractivity contribution in [1.29, 1.82) is 0 Å². The van der Waals surface area contributed by atoms with Crippen LogP contribution in [0, 0.1) is 0 Å². The van der Waals surface area contributed by atoms with Gasteiger partial charge in [-0.1, -0.05) is 30.7 Å². The molecule has 1 aromatic rings. The van der Waals surface area contributed by atoms with E-state index in [2.05, 4.69) is 0 Å². The summed E-state index contributed by atoms with van der Waals surface area (Å²) in [6, 6.07) is 7.80. The predicted octanol–water partition coefficient (Wildman–Crippen LogP) is 3.43. The molecule has 1 aromatic carbocycles. The van der Waals surface area contributed by atoms with Gasteiger partial charge in [-0.3, -0.25) is 0 Å². The fourth-order valence-electron chi connectivity index (χ4n) is 1.28. The molecule has 0 aliphatic heterocycles. The van der Waals surface area contributed by atoms with Crippen LogP contribution < -0.4 is 0 Å². The third-order valence-corrected chi connectivity index (χ3v) is 2.84. The van der Waals surface area contributed by atoms with Crippen LogP contribution in [0.15, 0.2) is 24.3 Å². The van der Waals surface area contributed by atoms with Gasteiger partial charge in [0.25, 0.3) is 0 Å². The molecule has 0 spiro atoms. The van der Waals surface area contributed by atoms with Crippen molar-refractivity contribution in [2.75, 3.05) is 0 Å². The van der Waals surface area contributed by atoms with E-state index in [1.54, 1.807) is 0 Å². The van der Waals surface area contributed by atoms with Gasteiger partial charge in [0.15, 0.2) is 0 Å². The summed E-state index contributed by atoms with van der Waals surface area (Å²) < 4.78 is 0. The second-order valence-corrected chi connectivity index (χ2v) is 4.42. The van der Waals surface area contributed by atoms with Crippen molar-refractivity contribution in [2.45, 2.75) is 38.7 Å². The Balaban J connectivity index is 2.54. The van der Waals surface area contributed by atoms with Crippen molar-refractivity contribution in [1.82, 2.24) is 0 Å². The summed E-state index contributed by atoms with van der Waals surface area (Å²) in [4.78, 5) is 0. The SMILES string of the molecule is CCC(C)(O)CCc1cccc(Cl)c1. The van der Waals surface area contributed by atoms with Gasteiger partial charge in [-0.2, -0.15) is 0 Å². The largest absolute Gasteiger partial charge is 0.390 e. The Labute approximate surface area is 90.7 Å². The van der Waals surface area contributed by atoms with Gasteiger partial charge < -0.3 is 5.11 Å². The Hall–Kier alpha value is -0.530. The first-order valence-electron chi connectivity index (χ1n) is 5.00. The Bertz CT molecular complexity index is 294. The summed E-state index contributed by atoms with van der Waals surface area (Å²) in [7, 11) is 0. The molecular formula is C12H17ClO. The van der Waals surface area contributed by atoms with Gasteiger partial charge in [-0.15, -0.1) is 0 Å². The molecule has 0 radical (unpaired) electrons. The average molecular weight is 213 g/mol. The molecule has 1 N–H and O–H groups in total. The van der Waals surface area contributed by atoms with Crippen molar-refractivity contribution in [3.05, 3.63) is 34.9 Å². The van der Waals surface area contributed by atoms with E-state index in [0.717, 1.165) is 24.3 Å². The van der Waals surface area contributed by atoms with Crippen LogP contribution in [0.2, 0.25) is 5.02 Å². The fourth-order valence-corrected chi connectivity index (χ4v) is 1.50. The van der Waals surface area contributed by atoms with E-state index >= 15 is 0 Å². The molecule has 0 fully saturated rings. The van der Waals surface area contributed by atoms with Crippen LogP contribution in [0.5, 0.6) is 0 Å². The Morgan fingerprint density at radius 1 is 1.43 bits per heavy atom. The molecule has 2 heteroatoms. The highest BCUT2D eigenvalue weighted by Crippen LogP contribution is 2.19. The smallest absolute Gasteiger partial charge is 0.0620 e. The monoisotopic (exact) mass is 212 g/mol. The van der Waals surface area contributed by atoms with Crippen LogP contribution in [0.4, 0.5) is 0 Å². The molecule has 14 heavy (non-hydrogen) atoms. The number of hydrogen-bond acceptors (Lipinski definition) is 1. The maximum absolute atomic E-state index is 9.82. The molecule has 0 aromatic heterocycles. The molecule has 78 valence electrons. The number of rotatable bonds is 4. The van der Waals surface area contributed by atoms with Crippen LogP contribution in [0.25, 0.3) is 0 Å². The zero-order chi connectivity index (χ0) is 10.6. The lowest BCUT2D eigenvalue weighted by atomic mass is 9.94. The Kier molecular flexibility index (Phi) is 3.97. The quantitative estimate of drug-likeness (QED) is 0.811. The minimum Gasteiger partial charge on any atom is -0.390 e. The first kappa shape index (κ1) is 11.5. The maximum atomic E-state index is 9.82. The van der Waals surface area contributed by atoms with Crippen LogP contribution >= 0.6 is 11.6 Å². The van der Waals surface area contributed by atoms with Gasteiger partial charge in [0.1, 0.15) is 0 Å². The highest BCUT2D eigenvalue weighted by atomic mass is 35.5. The molecule has 0 aliphatic carbocycles. The lowest BCUT2D eigenvalue weighted by Gasteiger charge is -2.20. The Morgan fingerprint density at radius 2 is 2.14 bits per heavy atom.